The first-order chi connectivity index (χ1) is 13.9. The molecule has 2 aliphatic rings. The minimum atomic E-state index is -0.960. The Morgan fingerprint density at radius 3 is 2.41 bits per heavy atom. The van der Waals surface area contributed by atoms with Gasteiger partial charge in [-0.15, -0.1) is 0 Å². The van der Waals surface area contributed by atoms with Crippen molar-refractivity contribution in [3.8, 4) is 11.5 Å². The first kappa shape index (κ1) is 19.0. The van der Waals surface area contributed by atoms with Gasteiger partial charge in [-0.2, -0.15) is 0 Å². The van der Waals surface area contributed by atoms with Crippen LogP contribution in [0.25, 0.3) is 0 Å². The van der Waals surface area contributed by atoms with E-state index in [-0.39, 0.29) is 36.1 Å². The lowest BCUT2D eigenvalue weighted by Gasteiger charge is -2.18. The third-order valence-electron chi connectivity index (χ3n) is 5.11. The zero-order chi connectivity index (χ0) is 20.7. The number of benzene rings is 1. The first-order valence-electron chi connectivity index (χ1n) is 9.33. The molecular weight excluding hydrogens is 380 g/mol. The molecule has 2 aromatic rings. The molecule has 9 heteroatoms. The predicted octanol–water partition coefficient (Wildman–Crippen LogP) is 3.16. The Morgan fingerprint density at radius 1 is 1.14 bits per heavy atom. The van der Waals surface area contributed by atoms with Crippen molar-refractivity contribution in [2.75, 3.05) is 19.8 Å². The predicted molar refractivity (Wildman–Crippen MR) is 101 cm³/mol. The normalized spacial score (nSPS) is 15.1. The molecule has 0 amide bonds. The second-order valence-electron chi connectivity index (χ2n) is 7.16. The van der Waals surface area contributed by atoms with Gasteiger partial charge in [-0.3, -0.25) is 14.9 Å². The monoisotopic (exact) mass is 400 g/mol. The third kappa shape index (κ3) is 3.55. The first-order valence-corrected chi connectivity index (χ1v) is 9.33. The van der Waals surface area contributed by atoms with Crippen molar-refractivity contribution in [3.05, 3.63) is 50.8 Å². The molecule has 1 fully saturated rings. The van der Waals surface area contributed by atoms with Crippen LogP contribution < -0.4 is 9.47 Å². The van der Waals surface area contributed by atoms with Gasteiger partial charge in [0.2, 0.25) is 5.78 Å². The summed E-state index contributed by atoms with van der Waals surface area (Å²) in [5.74, 6) is -0.882. The standard InChI is InChI=1S/C20H20N2O7/c1-11-7-14(12(2)21(11)13-3-4-13)17(23)10-29-20(24)15-8-18-19(28-6-5-27-18)9-16(15)22(25)26/h7-9,13H,3-6,10H2,1-2H3. The number of fused-ring (bicyclic) bond motifs is 1. The van der Waals surface area contributed by atoms with Gasteiger partial charge in [0, 0.05) is 29.1 Å². The number of carbonyl (C=O) groups excluding carboxylic acids is 2. The lowest BCUT2D eigenvalue weighted by Crippen LogP contribution is -2.18. The van der Waals surface area contributed by atoms with E-state index in [9.17, 15) is 19.7 Å². The van der Waals surface area contributed by atoms with Crippen molar-refractivity contribution in [3.63, 3.8) is 0 Å². The van der Waals surface area contributed by atoms with E-state index in [0.29, 0.717) is 11.6 Å². The third-order valence-corrected chi connectivity index (χ3v) is 5.11. The summed E-state index contributed by atoms with van der Waals surface area (Å²) in [5.41, 5.74) is 1.59. The van der Waals surface area contributed by atoms with E-state index in [1.165, 1.54) is 6.07 Å². The van der Waals surface area contributed by atoms with E-state index in [1.807, 2.05) is 13.8 Å². The van der Waals surface area contributed by atoms with Gasteiger partial charge in [0.1, 0.15) is 18.8 Å². The molecule has 1 aromatic heterocycles. The van der Waals surface area contributed by atoms with Crippen LogP contribution in [0.1, 0.15) is 51.0 Å². The van der Waals surface area contributed by atoms with Crippen molar-refractivity contribution in [1.29, 1.82) is 0 Å². The van der Waals surface area contributed by atoms with Crippen molar-refractivity contribution in [1.82, 2.24) is 4.57 Å². The second kappa shape index (κ2) is 7.23. The molecule has 9 nitrogen and oxygen atoms in total. The highest BCUT2D eigenvalue weighted by molar-refractivity contribution is 6.01. The quantitative estimate of drug-likeness (QED) is 0.317. The molecule has 0 atom stereocenters. The van der Waals surface area contributed by atoms with E-state index in [1.54, 1.807) is 6.07 Å². The SMILES string of the molecule is Cc1cc(C(=O)COC(=O)c2cc3c(cc2[N+](=O)[O-])OCCO3)c(C)n1C1CC1. The van der Waals surface area contributed by atoms with E-state index < -0.39 is 23.2 Å². The molecule has 152 valence electrons. The van der Waals surface area contributed by atoms with Crippen molar-refractivity contribution in [2.24, 2.45) is 0 Å². The Labute approximate surface area is 166 Å². The second-order valence-corrected chi connectivity index (χ2v) is 7.16. The molecule has 1 aromatic carbocycles. The molecule has 1 aliphatic heterocycles. The highest BCUT2D eigenvalue weighted by Crippen LogP contribution is 2.39. The maximum absolute atomic E-state index is 12.6. The zero-order valence-corrected chi connectivity index (χ0v) is 16.1. The fourth-order valence-corrected chi connectivity index (χ4v) is 3.63. The molecule has 0 bridgehead atoms. The minimum Gasteiger partial charge on any atom is -0.486 e. The molecule has 29 heavy (non-hydrogen) atoms. The van der Waals surface area contributed by atoms with Crippen LogP contribution >= 0.6 is 0 Å². The van der Waals surface area contributed by atoms with E-state index in [2.05, 4.69) is 4.57 Å². The highest BCUT2D eigenvalue weighted by atomic mass is 16.6. The van der Waals surface area contributed by atoms with Gasteiger partial charge in [0.25, 0.3) is 5.69 Å². The van der Waals surface area contributed by atoms with Gasteiger partial charge in [-0.05, 0) is 32.8 Å². The fraction of sp³-hybridized carbons (Fsp3) is 0.400. The summed E-state index contributed by atoms with van der Waals surface area (Å²) in [6, 6.07) is 4.57. The Bertz CT molecular complexity index is 1020. The number of aromatic nitrogens is 1. The Morgan fingerprint density at radius 2 is 1.79 bits per heavy atom. The molecule has 0 spiro atoms. The van der Waals surface area contributed by atoms with Crippen LogP contribution in [0.4, 0.5) is 5.69 Å². The average Bonchev–Trinajstić information content (AvgIpc) is 3.49. The number of Topliss-reactive ketones (excluding diaryl/α,β-unsaturated/α-hetero) is 1. The number of hydrogen-bond acceptors (Lipinski definition) is 7. The molecule has 4 rings (SSSR count). The Kier molecular flexibility index (Phi) is 4.73. The topological polar surface area (TPSA) is 110 Å². The fourth-order valence-electron chi connectivity index (χ4n) is 3.63. The van der Waals surface area contributed by atoms with Crippen LogP contribution in [0.5, 0.6) is 11.5 Å². The summed E-state index contributed by atoms with van der Waals surface area (Å²) in [6.45, 7) is 3.84. The van der Waals surface area contributed by atoms with Crippen molar-refractivity contribution < 1.29 is 28.7 Å². The number of esters is 1. The van der Waals surface area contributed by atoms with Crippen molar-refractivity contribution in [2.45, 2.75) is 32.7 Å². The average molecular weight is 400 g/mol. The van der Waals surface area contributed by atoms with Crippen molar-refractivity contribution >= 4 is 17.4 Å². The van der Waals surface area contributed by atoms with Crippen LogP contribution in [0.2, 0.25) is 0 Å². The van der Waals surface area contributed by atoms with Gasteiger partial charge in [-0.25, -0.2) is 4.79 Å². The maximum Gasteiger partial charge on any atom is 0.345 e. The van der Waals surface area contributed by atoms with E-state index in [4.69, 9.17) is 14.2 Å². The Balaban J connectivity index is 1.52. The van der Waals surface area contributed by atoms with Crippen LogP contribution in [-0.4, -0.2) is 41.1 Å². The number of rotatable bonds is 6. The van der Waals surface area contributed by atoms with Gasteiger partial charge in [0.05, 0.1) is 11.0 Å². The number of hydrogen-bond donors (Lipinski definition) is 0. The summed E-state index contributed by atoms with van der Waals surface area (Å²) in [6.07, 6.45) is 2.18. The van der Waals surface area contributed by atoms with Gasteiger partial charge < -0.3 is 18.8 Å². The summed E-state index contributed by atoms with van der Waals surface area (Å²) in [7, 11) is 0. The van der Waals surface area contributed by atoms with E-state index in [0.717, 1.165) is 30.3 Å². The molecular formula is C20H20N2O7. The molecule has 1 aliphatic carbocycles. The summed E-state index contributed by atoms with van der Waals surface area (Å²) in [4.78, 5) is 35.7. The number of nitro groups is 1. The number of carbonyl (C=O) groups is 2. The molecule has 0 saturated heterocycles. The summed E-state index contributed by atoms with van der Waals surface area (Å²) in [5, 5.41) is 11.4. The lowest BCUT2D eigenvalue weighted by atomic mass is 10.1. The summed E-state index contributed by atoms with van der Waals surface area (Å²) >= 11 is 0. The minimum absolute atomic E-state index is 0.197. The largest absolute Gasteiger partial charge is 0.486 e. The molecule has 0 radical (unpaired) electrons. The number of ether oxygens (including phenoxy) is 3. The number of nitrogens with zero attached hydrogens (tertiary/aromatic N) is 2. The molecule has 2 heterocycles. The zero-order valence-electron chi connectivity index (χ0n) is 16.1. The van der Waals surface area contributed by atoms with Gasteiger partial charge in [0.15, 0.2) is 18.1 Å². The number of ketones is 1. The van der Waals surface area contributed by atoms with Gasteiger partial charge in [-0.1, -0.05) is 0 Å². The molecule has 0 unspecified atom stereocenters. The number of nitro benzene ring substituents is 1. The number of aryl methyl sites for hydroxylation is 1. The maximum atomic E-state index is 12.6. The smallest absolute Gasteiger partial charge is 0.345 e. The summed E-state index contributed by atoms with van der Waals surface area (Å²) < 4.78 is 17.9. The Hall–Kier alpha value is -3.36. The lowest BCUT2D eigenvalue weighted by molar-refractivity contribution is -0.385. The van der Waals surface area contributed by atoms with Crippen LogP contribution in [0, 0.1) is 24.0 Å². The van der Waals surface area contributed by atoms with Gasteiger partial charge >= 0.3 is 5.97 Å². The van der Waals surface area contributed by atoms with Crippen LogP contribution in [-0.2, 0) is 4.74 Å². The molecule has 0 N–H and O–H groups in total. The molecule has 1 saturated carbocycles. The van der Waals surface area contributed by atoms with E-state index >= 15 is 0 Å². The highest BCUT2D eigenvalue weighted by Gasteiger charge is 2.30. The van der Waals surface area contributed by atoms with Crippen LogP contribution in [0.3, 0.4) is 0 Å². The van der Waals surface area contributed by atoms with Crippen LogP contribution in [0.15, 0.2) is 18.2 Å².